The maximum Gasteiger partial charge on any atom is 0.257 e. The van der Waals surface area contributed by atoms with Crippen LogP contribution in [0.15, 0.2) is 17.3 Å². The van der Waals surface area contributed by atoms with E-state index in [0.717, 1.165) is 13.1 Å². The molecule has 1 atom stereocenters. The number of hydrogen-bond donors (Lipinski definition) is 2. The largest absolute Gasteiger partial charge is 0.299 e. The summed E-state index contributed by atoms with van der Waals surface area (Å²) in [6, 6.07) is 1.68. The van der Waals surface area contributed by atoms with Gasteiger partial charge in [-0.15, -0.1) is 0 Å². The topological polar surface area (TPSA) is 78.1 Å². The van der Waals surface area contributed by atoms with Gasteiger partial charge in [0.25, 0.3) is 10.0 Å². The smallest absolute Gasteiger partial charge is 0.257 e. The van der Waals surface area contributed by atoms with Crippen LogP contribution < -0.4 is 4.72 Å². The Balaban J connectivity index is 1.89. The molecule has 17 heavy (non-hydrogen) atoms. The lowest BCUT2D eigenvalue weighted by molar-refractivity contribution is 0.260. The van der Waals surface area contributed by atoms with Gasteiger partial charge in [-0.25, -0.2) is 13.1 Å². The number of aromatic amines is 1. The Morgan fingerprint density at radius 1 is 1.53 bits per heavy atom. The fraction of sp³-hybridized carbons (Fsp3) is 0.700. The van der Waals surface area contributed by atoms with E-state index in [9.17, 15) is 8.42 Å². The molecule has 7 heteroatoms. The van der Waals surface area contributed by atoms with Crippen LogP contribution in [0.5, 0.6) is 0 Å². The van der Waals surface area contributed by atoms with Crippen LogP contribution in [0.3, 0.4) is 0 Å². The lowest BCUT2D eigenvalue weighted by atomic mass is 10.3. The zero-order valence-corrected chi connectivity index (χ0v) is 10.7. The number of likely N-dealkylation sites (tertiary alicyclic amines) is 1. The first kappa shape index (κ1) is 12.5. The molecule has 0 radical (unpaired) electrons. The number of nitrogens with one attached hydrogen (secondary N) is 2. The standard InChI is InChI=1S/C10H18N4O2S/c1-9(14-6-2-3-7-14)8-12-17(15,16)10-4-5-11-13-10/h4-5,9,12H,2-3,6-8H2,1H3,(H,11,13). The Morgan fingerprint density at radius 3 is 2.82 bits per heavy atom. The fourth-order valence-corrected chi connectivity index (χ4v) is 3.04. The van der Waals surface area contributed by atoms with E-state index in [2.05, 4.69) is 19.8 Å². The summed E-state index contributed by atoms with van der Waals surface area (Å²) in [6.07, 6.45) is 3.84. The van der Waals surface area contributed by atoms with Crippen molar-refractivity contribution in [3.63, 3.8) is 0 Å². The molecule has 0 amide bonds. The van der Waals surface area contributed by atoms with Gasteiger partial charge in [-0.05, 0) is 38.9 Å². The normalized spacial score (nSPS) is 19.6. The van der Waals surface area contributed by atoms with Crippen LogP contribution in [0.25, 0.3) is 0 Å². The highest BCUT2D eigenvalue weighted by molar-refractivity contribution is 7.89. The summed E-state index contributed by atoms with van der Waals surface area (Å²) in [7, 11) is -3.44. The number of hydrogen-bond acceptors (Lipinski definition) is 4. The van der Waals surface area contributed by atoms with Gasteiger partial charge in [0.05, 0.1) is 6.20 Å². The van der Waals surface area contributed by atoms with Gasteiger partial charge in [-0.3, -0.25) is 10.00 Å². The molecule has 2 N–H and O–H groups in total. The second-order valence-corrected chi connectivity index (χ2v) is 6.10. The number of H-pyrrole nitrogens is 1. The van der Waals surface area contributed by atoms with Gasteiger partial charge >= 0.3 is 0 Å². The third kappa shape index (κ3) is 3.05. The van der Waals surface area contributed by atoms with Crippen molar-refractivity contribution in [3.8, 4) is 0 Å². The Labute approximate surface area is 101 Å². The molecule has 1 unspecified atom stereocenters. The molecule has 2 heterocycles. The minimum Gasteiger partial charge on any atom is -0.299 e. The van der Waals surface area contributed by atoms with Gasteiger partial charge in [0.1, 0.15) is 0 Å². The Bertz CT molecular complexity index is 437. The molecule has 6 nitrogen and oxygen atoms in total. The van der Waals surface area contributed by atoms with Gasteiger partial charge in [-0.1, -0.05) is 0 Å². The monoisotopic (exact) mass is 258 g/mol. The molecule has 96 valence electrons. The van der Waals surface area contributed by atoms with Crippen LogP contribution in [-0.4, -0.2) is 49.2 Å². The highest BCUT2D eigenvalue weighted by Crippen LogP contribution is 2.11. The van der Waals surface area contributed by atoms with Gasteiger partial charge in [0.2, 0.25) is 0 Å². The van der Waals surface area contributed by atoms with Crippen LogP contribution in [0.1, 0.15) is 19.8 Å². The summed E-state index contributed by atoms with van der Waals surface area (Å²) in [5.74, 6) is 0. The number of rotatable bonds is 5. The molecule has 1 aliphatic rings. The van der Waals surface area contributed by atoms with E-state index in [1.165, 1.54) is 25.1 Å². The molecular weight excluding hydrogens is 240 g/mol. The van der Waals surface area contributed by atoms with Crippen LogP contribution >= 0.6 is 0 Å². The van der Waals surface area contributed by atoms with Crippen molar-refractivity contribution in [1.29, 1.82) is 0 Å². The average Bonchev–Trinajstić information content (AvgIpc) is 2.97. The minimum absolute atomic E-state index is 0.117. The van der Waals surface area contributed by atoms with Crippen molar-refractivity contribution in [2.24, 2.45) is 0 Å². The molecule has 0 aliphatic carbocycles. The van der Waals surface area contributed by atoms with Gasteiger partial charge < -0.3 is 0 Å². The predicted molar refractivity (Wildman–Crippen MR) is 64.0 cm³/mol. The van der Waals surface area contributed by atoms with Crippen molar-refractivity contribution in [1.82, 2.24) is 19.8 Å². The zero-order valence-electron chi connectivity index (χ0n) is 9.89. The molecule has 1 aromatic heterocycles. The Kier molecular flexibility index (Phi) is 3.80. The third-order valence-corrected chi connectivity index (χ3v) is 4.45. The van der Waals surface area contributed by atoms with E-state index < -0.39 is 10.0 Å². The quantitative estimate of drug-likeness (QED) is 0.789. The van der Waals surface area contributed by atoms with E-state index >= 15 is 0 Å². The van der Waals surface area contributed by atoms with Crippen molar-refractivity contribution in [3.05, 3.63) is 12.3 Å². The summed E-state index contributed by atoms with van der Waals surface area (Å²) >= 11 is 0. The van der Waals surface area contributed by atoms with Crippen LogP contribution in [0.4, 0.5) is 0 Å². The van der Waals surface area contributed by atoms with E-state index in [0.29, 0.717) is 6.54 Å². The van der Waals surface area contributed by atoms with Gasteiger partial charge in [0.15, 0.2) is 5.03 Å². The summed E-state index contributed by atoms with van der Waals surface area (Å²) in [5, 5.41) is 6.21. The molecule has 0 bridgehead atoms. The highest BCUT2D eigenvalue weighted by Gasteiger charge is 2.21. The molecular formula is C10H18N4O2S. The second kappa shape index (κ2) is 5.16. The van der Waals surface area contributed by atoms with Crippen molar-refractivity contribution < 1.29 is 8.42 Å². The summed E-state index contributed by atoms with van der Waals surface area (Å²) in [6.45, 7) is 4.60. The van der Waals surface area contributed by atoms with Crippen LogP contribution in [0.2, 0.25) is 0 Å². The van der Waals surface area contributed by atoms with Crippen LogP contribution in [-0.2, 0) is 10.0 Å². The average molecular weight is 258 g/mol. The van der Waals surface area contributed by atoms with Crippen molar-refractivity contribution >= 4 is 10.0 Å². The number of aromatic nitrogens is 2. The lowest BCUT2D eigenvalue weighted by Crippen LogP contribution is -2.40. The number of nitrogens with zero attached hydrogens (tertiary/aromatic N) is 2. The molecule has 1 saturated heterocycles. The van der Waals surface area contributed by atoms with Crippen molar-refractivity contribution in [2.45, 2.75) is 30.8 Å². The predicted octanol–water partition coefficient (Wildman–Crippen LogP) is 0.172. The Hall–Kier alpha value is -0.920. The van der Waals surface area contributed by atoms with E-state index in [-0.39, 0.29) is 11.1 Å². The van der Waals surface area contributed by atoms with E-state index in [1.807, 2.05) is 6.92 Å². The van der Waals surface area contributed by atoms with E-state index in [1.54, 1.807) is 0 Å². The summed E-state index contributed by atoms with van der Waals surface area (Å²) in [5.41, 5.74) is 0. The molecule has 0 saturated carbocycles. The zero-order chi connectivity index (χ0) is 12.3. The molecule has 0 spiro atoms. The van der Waals surface area contributed by atoms with Gasteiger partial charge in [-0.2, -0.15) is 5.10 Å². The molecule has 2 rings (SSSR count). The minimum atomic E-state index is -3.44. The highest BCUT2D eigenvalue weighted by atomic mass is 32.2. The first-order valence-corrected chi connectivity index (χ1v) is 7.31. The first-order valence-electron chi connectivity index (χ1n) is 5.83. The molecule has 0 aromatic carbocycles. The summed E-state index contributed by atoms with van der Waals surface area (Å²) < 4.78 is 26.2. The van der Waals surface area contributed by atoms with Crippen molar-refractivity contribution in [2.75, 3.05) is 19.6 Å². The summed E-state index contributed by atoms with van der Waals surface area (Å²) in [4.78, 5) is 2.30. The third-order valence-electron chi connectivity index (χ3n) is 3.10. The number of sulfonamides is 1. The molecule has 1 aliphatic heterocycles. The fourth-order valence-electron chi connectivity index (χ4n) is 2.01. The van der Waals surface area contributed by atoms with Gasteiger partial charge in [0, 0.05) is 12.6 Å². The molecule has 1 aromatic rings. The van der Waals surface area contributed by atoms with E-state index in [4.69, 9.17) is 0 Å². The first-order chi connectivity index (χ1) is 8.09. The maximum absolute atomic E-state index is 11.8. The SMILES string of the molecule is CC(CNS(=O)(=O)c1ccn[nH]1)N1CCCC1. The second-order valence-electron chi connectivity index (χ2n) is 4.36. The van der Waals surface area contributed by atoms with Crippen LogP contribution in [0, 0.1) is 0 Å². The molecule has 1 fully saturated rings. The maximum atomic E-state index is 11.8. The Morgan fingerprint density at radius 2 is 2.24 bits per heavy atom. The lowest BCUT2D eigenvalue weighted by Gasteiger charge is -2.23.